The van der Waals surface area contributed by atoms with Crippen LogP contribution in [0.25, 0.3) is 0 Å². The molecule has 0 aliphatic carbocycles. The fraction of sp³-hybridized carbons (Fsp3) is 0.143. The van der Waals surface area contributed by atoms with Crippen LogP contribution in [0.2, 0.25) is 0 Å². The third-order valence-corrected chi connectivity index (χ3v) is 3.51. The molecule has 0 aliphatic rings. The van der Waals surface area contributed by atoms with Gasteiger partial charge in [0.15, 0.2) is 0 Å². The maximum absolute atomic E-state index is 13.1. The molecule has 0 fully saturated rings. The molecule has 0 heterocycles. The standard InChI is InChI=1S/C14H12BrFN2O2/c1-9-2-4-11(18(19)20)7-14(9)17-8-10-3-5-13(16)12(15)6-10/h2-7,17H,8H2,1H3. The SMILES string of the molecule is Cc1ccc([N+](=O)[O-])cc1NCc1ccc(F)c(Br)c1. The number of benzene rings is 2. The molecule has 4 nitrogen and oxygen atoms in total. The largest absolute Gasteiger partial charge is 0.381 e. The second-order valence-electron chi connectivity index (χ2n) is 4.36. The summed E-state index contributed by atoms with van der Waals surface area (Å²) >= 11 is 3.13. The lowest BCUT2D eigenvalue weighted by atomic mass is 10.1. The number of anilines is 1. The van der Waals surface area contributed by atoms with Gasteiger partial charge >= 0.3 is 0 Å². The fourth-order valence-electron chi connectivity index (χ4n) is 1.76. The minimum absolute atomic E-state index is 0.0402. The van der Waals surface area contributed by atoms with Gasteiger partial charge in [0.1, 0.15) is 5.82 Å². The lowest BCUT2D eigenvalue weighted by Crippen LogP contribution is -2.02. The number of nitrogens with one attached hydrogen (secondary N) is 1. The molecule has 0 spiro atoms. The molecule has 104 valence electrons. The zero-order valence-electron chi connectivity index (χ0n) is 10.7. The van der Waals surface area contributed by atoms with E-state index in [0.29, 0.717) is 16.7 Å². The molecule has 0 aromatic heterocycles. The number of nitro groups is 1. The third-order valence-electron chi connectivity index (χ3n) is 2.90. The van der Waals surface area contributed by atoms with Gasteiger partial charge in [-0.3, -0.25) is 10.1 Å². The highest BCUT2D eigenvalue weighted by atomic mass is 79.9. The molecule has 2 aromatic carbocycles. The van der Waals surface area contributed by atoms with Crippen molar-refractivity contribution in [3.8, 4) is 0 Å². The summed E-state index contributed by atoms with van der Waals surface area (Å²) in [4.78, 5) is 10.3. The first-order chi connectivity index (χ1) is 9.47. The zero-order valence-corrected chi connectivity index (χ0v) is 12.3. The Labute approximate surface area is 123 Å². The van der Waals surface area contributed by atoms with E-state index in [2.05, 4.69) is 21.2 Å². The van der Waals surface area contributed by atoms with Gasteiger partial charge in [0.05, 0.1) is 9.40 Å². The average Bonchev–Trinajstić information content (AvgIpc) is 2.41. The van der Waals surface area contributed by atoms with Gasteiger partial charge in [-0.15, -0.1) is 0 Å². The zero-order chi connectivity index (χ0) is 14.7. The summed E-state index contributed by atoms with van der Waals surface area (Å²) in [6.07, 6.45) is 0. The van der Waals surface area contributed by atoms with Crippen LogP contribution in [0.3, 0.4) is 0 Å². The van der Waals surface area contributed by atoms with Gasteiger partial charge in [0.25, 0.3) is 5.69 Å². The van der Waals surface area contributed by atoms with Crippen LogP contribution in [0, 0.1) is 22.9 Å². The van der Waals surface area contributed by atoms with Crippen molar-refractivity contribution in [2.24, 2.45) is 0 Å². The van der Waals surface area contributed by atoms with Crippen molar-refractivity contribution in [1.82, 2.24) is 0 Å². The molecule has 0 atom stereocenters. The summed E-state index contributed by atoms with van der Waals surface area (Å²) in [7, 11) is 0. The second-order valence-corrected chi connectivity index (χ2v) is 5.21. The molecule has 0 radical (unpaired) electrons. The van der Waals surface area contributed by atoms with Crippen molar-refractivity contribution in [2.45, 2.75) is 13.5 Å². The number of nitro benzene ring substituents is 1. The average molecular weight is 339 g/mol. The lowest BCUT2D eigenvalue weighted by Gasteiger charge is -2.10. The Kier molecular flexibility index (Phi) is 4.34. The maximum atomic E-state index is 13.1. The van der Waals surface area contributed by atoms with E-state index >= 15 is 0 Å². The van der Waals surface area contributed by atoms with Crippen LogP contribution in [0.5, 0.6) is 0 Å². The summed E-state index contributed by atoms with van der Waals surface area (Å²) in [6, 6.07) is 9.38. The van der Waals surface area contributed by atoms with Crippen molar-refractivity contribution >= 4 is 27.3 Å². The highest BCUT2D eigenvalue weighted by Crippen LogP contribution is 2.23. The van der Waals surface area contributed by atoms with Crippen LogP contribution >= 0.6 is 15.9 Å². The number of non-ortho nitro benzene ring substituents is 1. The summed E-state index contributed by atoms with van der Waals surface area (Å²) in [5, 5.41) is 13.9. The highest BCUT2D eigenvalue weighted by molar-refractivity contribution is 9.10. The molecule has 1 N–H and O–H groups in total. The predicted molar refractivity (Wildman–Crippen MR) is 79.3 cm³/mol. The minimum Gasteiger partial charge on any atom is -0.381 e. The summed E-state index contributed by atoms with van der Waals surface area (Å²) in [5.41, 5.74) is 2.53. The molecular weight excluding hydrogens is 327 g/mol. The van der Waals surface area contributed by atoms with Gasteiger partial charge < -0.3 is 5.32 Å². The van der Waals surface area contributed by atoms with Crippen LogP contribution in [0.4, 0.5) is 15.8 Å². The van der Waals surface area contributed by atoms with Gasteiger partial charge in [-0.25, -0.2) is 4.39 Å². The number of halogens is 2. The van der Waals surface area contributed by atoms with Crippen LogP contribution < -0.4 is 5.32 Å². The van der Waals surface area contributed by atoms with Crippen LogP contribution in [0.15, 0.2) is 40.9 Å². The minimum atomic E-state index is -0.431. The maximum Gasteiger partial charge on any atom is 0.271 e. The fourth-order valence-corrected chi connectivity index (χ4v) is 2.19. The van der Waals surface area contributed by atoms with Crippen molar-refractivity contribution in [2.75, 3.05) is 5.32 Å². The van der Waals surface area contributed by atoms with Gasteiger partial charge in [0, 0.05) is 24.4 Å². The predicted octanol–water partition coefficient (Wildman–Crippen LogP) is 4.42. The van der Waals surface area contributed by atoms with E-state index in [9.17, 15) is 14.5 Å². The first-order valence-electron chi connectivity index (χ1n) is 5.90. The van der Waals surface area contributed by atoms with E-state index in [4.69, 9.17) is 0 Å². The molecule has 0 aliphatic heterocycles. The molecule has 0 unspecified atom stereocenters. The number of hydrogen-bond donors (Lipinski definition) is 1. The molecule has 20 heavy (non-hydrogen) atoms. The molecule has 2 aromatic rings. The second kappa shape index (κ2) is 6.00. The van der Waals surface area contributed by atoms with Gasteiger partial charge in [-0.2, -0.15) is 0 Å². The van der Waals surface area contributed by atoms with E-state index in [1.54, 1.807) is 18.2 Å². The Bertz CT molecular complexity index is 662. The molecule has 0 amide bonds. The first kappa shape index (κ1) is 14.5. The normalized spacial score (nSPS) is 10.3. The summed E-state index contributed by atoms with van der Waals surface area (Å²) in [5.74, 6) is -0.319. The third kappa shape index (κ3) is 3.33. The Morgan fingerprint density at radius 2 is 2.05 bits per heavy atom. The van der Waals surface area contributed by atoms with Crippen molar-refractivity contribution < 1.29 is 9.31 Å². The molecule has 0 bridgehead atoms. The molecular formula is C14H12BrFN2O2. The summed E-state index contributed by atoms with van der Waals surface area (Å²) in [6.45, 7) is 2.33. The number of rotatable bonds is 4. The Hall–Kier alpha value is -1.95. The van der Waals surface area contributed by atoms with Crippen LogP contribution in [-0.4, -0.2) is 4.92 Å². The number of hydrogen-bond acceptors (Lipinski definition) is 3. The first-order valence-corrected chi connectivity index (χ1v) is 6.69. The smallest absolute Gasteiger partial charge is 0.271 e. The van der Waals surface area contributed by atoms with E-state index < -0.39 is 4.92 Å². The topological polar surface area (TPSA) is 55.2 Å². The van der Waals surface area contributed by atoms with Crippen molar-refractivity contribution in [1.29, 1.82) is 0 Å². The van der Waals surface area contributed by atoms with E-state index in [0.717, 1.165) is 11.1 Å². The lowest BCUT2D eigenvalue weighted by molar-refractivity contribution is -0.384. The Balaban J connectivity index is 2.15. The monoisotopic (exact) mass is 338 g/mol. The van der Waals surface area contributed by atoms with Gasteiger partial charge in [-0.05, 0) is 46.1 Å². The van der Waals surface area contributed by atoms with Crippen LogP contribution in [-0.2, 0) is 6.54 Å². The quantitative estimate of drug-likeness (QED) is 0.663. The number of aryl methyl sites for hydroxylation is 1. The van der Waals surface area contributed by atoms with Crippen molar-refractivity contribution in [3.63, 3.8) is 0 Å². The van der Waals surface area contributed by atoms with Gasteiger partial charge in [0.2, 0.25) is 0 Å². The van der Waals surface area contributed by atoms with Gasteiger partial charge in [-0.1, -0.05) is 12.1 Å². The van der Waals surface area contributed by atoms with E-state index in [1.165, 1.54) is 18.2 Å². The highest BCUT2D eigenvalue weighted by Gasteiger charge is 2.08. The molecule has 0 saturated carbocycles. The Morgan fingerprint density at radius 1 is 1.30 bits per heavy atom. The van der Waals surface area contributed by atoms with Crippen LogP contribution in [0.1, 0.15) is 11.1 Å². The number of nitrogens with zero attached hydrogens (tertiary/aromatic N) is 1. The molecule has 0 saturated heterocycles. The van der Waals surface area contributed by atoms with E-state index in [-0.39, 0.29) is 11.5 Å². The molecule has 6 heteroatoms. The Morgan fingerprint density at radius 3 is 2.70 bits per heavy atom. The van der Waals surface area contributed by atoms with E-state index in [1.807, 2.05) is 6.92 Å². The van der Waals surface area contributed by atoms with Crippen molar-refractivity contribution in [3.05, 3.63) is 67.9 Å². The summed E-state index contributed by atoms with van der Waals surface area (Å²) < 4.78 is 13.5. The molecule has 2 rings (SSSR count).